The van der Waals surface area contributed by atoms with Crippen LogP contribution in [0.15, 0.2) is 42.7 Å². The lowest BCUT2D eigenvalue weighted by Crippen LogP contribution is -2.47. The lowest BCUT2D eigenvalue weighted by Gasteiger charge is -2.36. The highest BCUT2D eigenvalue weighted by Gasteiger charge is 2.24. The van der Waals surface area contributed by atoms with Gasteiger partial charge in [-0.1, -0.05) is 18.2 Å². The van der Waals surface area contributed by atoms with E-state index in [-0.39, 0.29) is 5.91 Å². The van der Waals surface area contributed by atoms with Gasteiger partial charge in [0.1, 0.15) is 0 Å². The first-order valence-electron chi connectivity index (χ1n) is 8.95. The molecule has 0 bridgehead atoms. The summed E-state index contributed by atoms with van der Waals surface area (Å²) in [7, 11) is 0. The minimum Gasteiger partial charge on any atom is -0.368 e. The van der Waals surface area contributed by atoms with Gasteiger partial charge in [0.05, 0.1) is 18.1 Å². The van der Waals surface area contributed by atoms with Crippen molar-refractivity contribution in [2.45, 2.75) is 19.3 Å². The normalized spacial score (nSPS) is 17.4. The lowest BCUT2D eigenvalue weighted by molar-refractivity contribution is -0.116. The Morgan fingerprint density at radius 2 is 1.64 bits per heavy atom. The SMILES string of the molecule is O=C(CC1CC1)Nc1cnc(N2CCN(c3ccccc3)CC2)nc1. The van der Waals surface area contributed by atoms with Crippen molar-refractivity contribution in [3.05, 3.63) is 42.7 Å². The molecule has 1 aliphatic carbocycles. The quantitative estimate of drug-likeness (QED) is 0.908. The van der Waals surface area contributed by atoms with Gasteiger partial charge in [-0.2, -0.15) is 0 Å². The van der Waals surface area contributed by atoms with Crippen LogP contribution in [-0.4, -0.2) is 42.1 Å². The molecule has 1 N–H and O–H groups in total. The van der Waals surface area contributed by atoms with Crippen LogP contribution < -0.4 is 15.1 Å². The molecule has 1 saturated heterocycles. The first-order chi connectivity index (χ1) is 12.3. The van der Waals surface area contributed by atoms with E-state index < -0.39 is 0 Å². The molecule has 0 radical (unpaired) electrons. The number of nitrogens with one attached hydrogen (secondary N) is 1. The average Bonchev–Trinajstić information content (AvgIpc) is 3.47. The van der Waals surface area contributed by atoms with Crippen LogP contribution in [0.3, 0.4) is 0 Å². The molecule has 2 aromatic rings. The molecule has 0 unspecified atom stereocenters. The molecule has 6 heteroatoms. The number of hydrogen-bond acceptors (Lipinski definition) is 5. The van der Waals surface area contributed by atoms with Crippen LogP contribution in [0.1, 0.15) is 19.3 Å². The molecule has 4 rings (SSSR count). The molecule has 1 aromatic carbocycles. The van der Waals surface area contributed by atoms with Gasteiger partial charge in [-0.25, -0.2) is 9.97 Å². The summed E-state index contributed by atoms with van der Waals surface area (Å²) in [5, 5.41) is 2.88. The fourth-order valence-corrected chi connectivity index (χ4v) is 3.15. The van der Waals surface area contributed by atoms with Crippen molar-refractivity contribution in [1.82, 2.24) is 9.97 Å². The van der Waals surface area contributed by atoms with E-state index in [1.54, 1.807) is 12.4 Å². The maximum absolute atomic E-state index is 11.8. The van der Waals surface area contributed by atoms with E-state index in [2.05, 4.69) is 49.4 Å². The molecule has 2 fully saturated rings. The Kier molecular flexibility index (Phi) is 4.50. The Hall–Kier alpha value is -2.63. The summed E-state index contributed by atoms with van der Waals surface area (Å²) in [4.78, 5) is 25.3. The molecule has 2 aliphatic rings. The Bertz CT molecular complexity index is 706. The number of nitrogens with zero attached hydrogens (tertiary/aromatic N) is 4. The number of piperazine rings is 1. The van der Waals surface area contributed by atoms with Crippen molar-refractivity contribution in [2.75, 3.05) is 41.3 Å². The summed E-state index contributed by atoms with van der Waals surface area (Å²) in [6, 6.07) is 10.5. The zero-order valence-electron chi connectivity index (χ0n) is 14.3. The van der Waals surface area contributed by atoms with Gasteiger partial charge in [0.2, 0.25) is 11.9 Å². The fraction of sp³-hybridized carbons (Fsp3) is 0.421. The standard InChI is InChI=1S/C19H23N5O/c25-18(12-15-6-7-15)22-16-13-20-19(21-14-16)24-10-8-23(9-11-24)17-4-2-1-3-5-17/h1-5,13-15H,6-12H2,(H,22,25). The van der Waals surface area contributed by atoms with Gasteiger partial charge in [0.25, 0.3) is 0 Å². The van der Waals surface area contributed by atoms with E-state index in [1.807, 2.05) is 6.07 Å². The van der Waals surface area contributed by atoms with Crippen LogP contribution in [0.5, 0.6) is 0 Å². The van der Waals surface area contributed by atoms with Crippen LogP contribution in [0.25, 0.3) is 0 Å². The minimum absolute atomic E-state index is 0.0651. The summed E-state index contributed by atoms with van der Waals surface area (Å²) >= 11 is 0. The molecule has 1 aliphatic heterocycles. The zero-order chi connectivity index (χ0) is 17.1. The molecule has 25 heavy (non-hydrogen) atoms. The molecule has 1 amide bonds. The van der Waals surface area contributed by atoms with Crippen LogP contribution >= 0.6 is 0 Å². The van der Waals surface area contributed by atoms with Gasteiger partial charge in [-0.15, -0.1) is 0 Å². The van der Waals surface area contributed by atoms with E-state index in [1.165, 1.54) is 18.5 Å². The number of para-hydroxylation sites is 1. The third-order valence-electron chi connectivity index (χ3n) is 4.78. The summed E-state index contributed by atoms with van der Waals surface area (Å²) in [5.74, 6) is 1.38. The van der Waals surface area contributed by atoms with E-state index in [0.717, 1.165) is 32.1 Å². The van der Waals surface area contributed by atoms with E-state index >= 15 is 0 Å². The zero-order valence-corrected chi connectivity index (χ0v) is 14.3. The van der Waals surface area contributed by atoms with Crippen molar-refractivity contribution in [1.29, 1.82) is 0 Å². The highest BCUT2D eigenvalue weighted by molar-refractivity contribution is 5.90. The summed E-state index contributed by atoms with van der Waals surface area (Å²) in [6.07, 6.45) is 6.38. The van der Waals surface area contributed by atoms with Gasteiger partial charge in [0.15, 0.2) is 0 Å². The van der Waals surface area contributed by atoms with Crippen molar-refractivity contribution in [3.63, 3.8) is 0 Å². The number of carbonyl (C=O) groups excluding carboxylic acids is 1. The maximum Gasteiger partial charge on any atom is 0.225 e. The Labute approximate surface area is 147 Å². The minimum atomic E-state index is 0.0651. The third-order valence-corrected chi connectivity index (χ3v) is 4.78. The fourth-order valence-electron chi connectivity index (χ4n) is 3.15. The summed E-state index contributed by atoms with van der Waals surface area (Å²) in [6.45, 7) is 3.69. The topological polar surface area (TPSA) is 61.4 Å². The third kappa shape index (κ3) is 4.07. The summed E-state index contributed by atoms with van der Waals surface area (Å²) < 4.78 is 0. The van der Waals surface area contributed by atoms with Crippen LogP contribution in [0.4, 0.5) is 17.3 Å². The van der Waals surface area contributed by atoms with Gasteiger partial charge in [-0.3, -0.25) is 4.79 Å². The lowest BCUT2D eigenvalue weighted by atomic mass is 10.2. The van der Waals surface area contributed by atoms with Crippen LogP contribution in [-0.2, 0) is 4.79 Å². The van der Waals surface area contributed by atoms with Crippen LogP contribution in [0, 0.1) is 5.92 Å². The van der Waals surface area contributed by atoms with E-state index in [4.69, 9.17) is 0 Å². The molecule has 2 heterocycles. The first-order valence-corrected chi connectivity index (χ1v) is 8.95. The number of anilines is 3. The van der Waals surface area contributed by atoms with Crippen LogP contribution in [0.2, 0.25) is 0 Å². The van der Waals surface area contributed by atoms with Gasteiger partial charge in [-0.05, 0) is 30.9 Å². The molecule has 1 saturated carbocycles. The molecule has 1 aromatic heterocycles. The van der Waals surface area contributed by atoms with Gasteiger partial charge >= 0.3 is 0 Å². The monoisotopic (exact) mass is 337 g/mol. The number of amides is 1. The number of rotatable bonds is 5. The van der Waals surface area contributed by atoms with Crippen molar-refractivity contribution in [2.24, 2.45) is 5.92 Å². The van der Waals surface area contributed by atoms with E-state index in [9.17, 15) is 4.79 Å². The molecule has 0 spiro atoms. The number of benzene rings is 1. The molecule has 130 valence electrons. The number of carbonyl (C=O) groups is 1. The van der Waals surface area contributed by atoms with Gasteiger partial charge in [0, 0.05) is 38.3 Å². The average molecular weight is 337 g/mol. The maximum atomic E-state index is 11.8. The Balaban J connectivity index is 1.31. The second kappa shape index (κ2) is 7.09. The Morgan fingerprint density at radius 1 is 1.00 bits per heavy atom. The van der Waals surface area contributed by atoms with Crippen molar-refractivity contribution >= 4 is 23.2 Å². The second-order valence-electron chi connectivity index (χ2n) is 6.78. The highest BCUT2D eigenvalue weighted by atomic mass is 16.1. The smallest absolute Gasteiger partial charge is 0.225 e. The largest absolute Gasteiger partial charge is 0.368 e. The molecule has 0 atom stereocenters. The predicted molar refractivity (Wildman–Crippen MR) is 98.9 cm³/mol. The Morgan fingerprint density at radius 3 is 2.28 bits per heavy atom. The van der Waals surface area contributed by atoms with Crippen molar-refractivity contribution < 1.29 is 4.79 Å². The second-order valence-corrected chi connectivity index (χ2v) is 6.78. The first kappa shape index (κ1) is 15.9. The molecular weight excluding hydrogens is 314 g/mol. The molecular formula is C19H23N5O. The highest BCUT2D eigenvalue weighted by Crippen LogP contribution is 2.32. The van der Waals surface area contributed by atoms with E-state index in [0.29, 0.717) is 18.0 Å². The van der Waals surface area contributed by atoms with Crippen molar-refractivity contribution in [3.8, 4) is 0 Å². The number of hydrogen-bond donors (Lipinski definition) is 1. The predicted octanol–water partition coefficient (Wildman–Crippen LogP) is 2.54. The summed E-state index contributed by atoms with van der Waals surface area (Å²) in [5.41, 5.74) is 1.94. The van der Waals surface area contributed by atoms with Gasteiger partial charge < -0.3 is 15.1 Å². The number of aromatic nitrogens is 2. The molecule has 6 nitrogen and oxygen atoms in total.